The number of aryl methyl sites for hydroxylation is 2. The second-order valence-electron chi connectivity index (χ2n) is 4.66. The lowest BCUT2D eigenvalue weighted by molar-refractivity contribution is 0.562. The van der Waals surface area contributed by atoms with Crippen LogP contribution < -0.4 is 5.73 Å². The second kappa shape index (κ2) is 6.04. The van der Waals surface area contributed by atoms with Gasteiger partial charge >= 0.3 is 0 Å². The highest BCUT2D eigenvalue weighted by atomic mass is 15.3. The fourth-order valence-corrected chi connectivity index (χ4v) is 2.26. The zero-order valence-corrected chi connectivity index (χ0v) is 11.1. The van der Waals surface area contributed by atoms with Crippen molar-refractivity contribution in [2.45, 2.75) is 58.9 Å². The molecule has 3 heteroatoms. The lowest BCUT2D eigenvalue weighted by Gasteiger charge is -2.12. The summed E-state index contributed by atoms with van der Waals surface area (Å²) in [5.74, 6) is 0. The molecule has 92 valence electrons. The highest BCUT2D eigenvalue weighted by Crippen LogP contribution is 2.23. The van der Waals surface area contributed by atoms with Crippen molar-refractivity contribution in [2.75, 3.05) is 0 Å². The zero-order chi connectivity index (χ0) is 12.1. The van der Waals surface area contributed by atoms with Gasteiger partial charge < -0.3 is 5.73 Å². The fraction of sp³-hybridized carbons (Fsp3) is 0.769. The van der Waals surface area contributed by atoms with Crippen molar-refractivity contribution in [1.29, 1.82) is 0 Å². The average Bonchev–Trinajstić information content (AvgIpc) is 2.48. The van der Waals surface area contributed by atoms with E-state index in [1.165, 1.54) is 36.9 Å². The molecule has 2 N–H and O–H groups in total. The predicted octanol–water partition coefficient (Wildman–Crippen LogP) is 3.01. The molecule has 0 aliphatic rings. The summed E-state index contributed by atoms with van der Waals surface area (Å²) in [4.78, 5) is 0. The maximum absolute atomic E-state index is 6.24. The number of unbranched alkanes of at least 4 members (excludes halogenated alkanes) is 3. The predicted molar refractivity (Wildman–Crippen MR) is 68.4 cm³/mol. The third kappa shape index (κ3) is 3.08. The van der Waals surface area contributed by atoms with Gasteiger partial charge in [-0.25, -0.2) is 0 Å². The molecule has 1 heterocycles. The van der Waals surface area contributed by atoms with Gasteiger partial charge in [-0.3, -0.25) is 4.68 Å². The lowest BCUT2D eigenvalue weighted by atomic mass is 9.99. The molecule has 0 amide bonds. The molecule has 1 aromatic heterocycles. The minimum absolute atomic E-state index is 0.158. The van der Waals surface area contributed by atoms with Crippen LogP contribution in [0.4, 0.5) is 0 Å². The molecule has 3 nitrogen and oxygen atoms in total. The molecular formula is C13H25N3. The van der Waals surface area contributed by atoms with E-state index in [4.69, 9.17) is 5.73 Å². The monoisotopic (exact) mass is 223 g/mol. The lowest BCUT2D eigenvalue weighted by Crippen LogP contribution is -2.12. The molecule has 1 rings (SSSR count). The summed E-state index contributed by atoms with van der Waals surface area (Å²) in [6.07, 6.45) is 6.19. The number of hydrogen-bond donors (Lipinski definition) is 1. The molecular weight excluding hydrogens is 198 g/mol. The van der Waals surface area contributed by atoms with E-state index in [-0.39, 0.29) is 6.04 Å². The minimum Gasteiger partial charge on any atom is -0.324 e. The van der Waals surface area contributed by atoms with Crippen molar-refractivity contribution in [3.63, 3.8) is 0 Å². The molecule has 0 fully saturated rings. The Morgan fingerprint density at radius 3 is 2.44 bits per heavy atom. The third-order valence-corrected chi connectivity index (χ3v) is 3.30. The number of rotatable bonds is 6. The first kappa shape index (κ1) is 13.2. The Labute approximate surface area is 99.0 Å². The Balaban J connectivity index is 2.55. The summed E-state index contributed by atoms with van der Waals surface area (Å²) in [6.45, 7) is 6.38. The van der Waals surface area contributed by atoms with Gasteiger partial charge in [-0.1, -0.05) is 32.6 Å². The van der Waals surface area contributed by atoms with E-state index in [0.717, 1.165) is 12.1 Å². The van der Waals surface area contributed by atoms with E-state index in [2.05, 4.69) is 18.9 Å². The van der Waals surface area contributed by atoms with Crippen LogP contribution in [-0.4, -0.2) is 9.78 Å². The third-order valence-electron chi connectivity index (χ3n) is 3.30. The first-order valence-corrected chi connectivity index (χ1v) is 6.33. The smallest absolute Gasteiger partial charge is 0.0644 e. The minimum atomic E-state index is 0.158. The largest absolute Gasteiger partial charge is 0.324 e. The fourth-order valence-electron chi connectivity index (χ4n) is 2.26. The highest BCUT2D eigenvalue weighted by molar-refractivity contribution is 5.27. The number of hydrogen-bond acceptors (Lipinski definition) is 2. The van der Waals surface area contributed by atoms with E-state index in [9.17, 15) is 0 Å². The first-order chi connectivity index (χ1) is 7.57. The van der Waals surface area contributed by atoms with Crippen LogP contribution in [0.3, 0.4) is 0 Å². The van der Waals surface area contributed by atoms with Crippen molar-refractivity contribution >= 4 is 0 Å². The average molecular weight is 223 g/mol. The van der Waals surface area contributed by atoms with Gasteiger partial charge in [0.15, 0.2) is 0 Å². The van der Waals surface area contributed by atoms with Crippen LogP contribution in [0.2, 0.25) is 0 Å². The van der Waals surface area contributed by atoms with Crippen molar-refractivity contribution in [1.82, 2.24) is 9.78 Å². The summed E-state index contributed by atoms with van der Waals surface area (Å²) in [7, 11) is 1.98. The second-order valence-corrected chi connectivity index (χ2v) is 4.66. The van der Waals surface area contributed by atoms with Gasteiger partial charge in [0.1, 0.15) is 0 Å². The molecule has 1 atom stereocenters. The Morgan fingerprint density at radius 1 is 1.25 bits per heavy atom. The van der Waals surface area contributed by atoms with Gasteiger partial charge in [-0.15, -0.1) is 0 Å². The topological polar surface area (TPSA) is 43.8 Å². The molecule has 16 heavy (non-hydrogen) atoms. The maximum atomic E-state index is 6.24. The standard InChI is InChI=1S/C13H25N3/c1-5-6-7-8-9-12(14)13-10(2)15-16(4)11(13)3/h12H,5-9,14H2,1-4H3. The van der Waals surface area contributed by atoms with Crippen molar-refractivity contribution in [3.05, 3.63) is 17.0 Å². The zero-order valence-electron chi connectivity index (χ0n) is 11.1. The molecule has 1 unspecified atom stereocenters. The van der Waals surface area contributed by atoms with Crippen molar-refractivity contribution in [2.24, 2.45) is 12.8 Å². The van der Waals surface area contributed by atoms with Crippen LogP contribution in [0, 0.1) is 13.8 Å². The van der Waals surface area contributed by atoms with E-state index >= 15 is 0 Å². The number of nitrogens with zero attached hydrogens (tertiary/aromatic N) is 2. The van der Waals surface area contributed by atoms with Gasteiger partial charge in [0.25, 0.3) is 0 Å². The van der Waals surface area contributed by atoms with Crippen LogP contribution in [-0.2, 0) is 7.05 Å². The molecule has 0 saturated heterocycles. The summed E-state index contributed by atoms with van der Waals surface area (Å²) in [6, 6.07) is 0.158. The molecule has 0 spiro atoms. The summed E-state index contributed by atoms with van der Waals surface area (Å²) in [5.41, 5.74) is 9.78. The molecule has 0 radical (unpaired) electrons. The van der Waals surface area contributed by atoms with Gasteiger partial charge in [0.05, 0.1) is 5.69 Å². The summed E-state index contributed by atoms with van der Waals surface area (Å²) in [5, 5.41) is 4.41. The molecule has 0 aliphatic carbocycles. The Morgan fingerprint density at radius 2 is 1.94 bits per heavy atom. The van der Waals surface area contributed by atoms with E-state index < -0.39 is 0 Å². The SMILES string of the molecule is CCCCCCC(N)c1c(C)nn(C)c1C. The Hall–Kier alpha value is -0.830. The van der Waals surface area contributed by atoms with Gasteiger partial charge in [-0.2, -0.15) is 5.10 Å². The highest BCUT2D eigenvalue weighted by Gasteiger charge is 2.15. The van der Waals surface area contributed by atoms with E-state index in [1.54, 1.807) is 0 Å². The van der Waals surface area contributed by atoms with Gasteiger partial charge in [0.2, 0.25) is 0 Å². The maximum Gasteiger partial charge on any atom is 0.0644 e. The molecule has 0 saturated carbocycles. The quantitative estimate of drug-likeness (QED) is 0.753. The van der Waals surface area contributed by atoms with Crippen LogP contribution in [0.5, 0.6) is 0 Å². The van der Waals surface area contributed by atoms with Gasteiger partial charge in [0, 0.05) is 24.3 Å². The van der Waals surface area contributed by atoms with Crippen LogP contribution in [0.1, 0.15) is 62.0 Å². The Kier molecular flexibility index (Phi) is 5.00. The molecule has 0 aromatic carbocycles. The first-order valence-electron chi connectivity index (χ1n) is 6.33. The summed E-state index contributed by atoms with van der Waals surface area (Å²) >= 11 is 0. The molecule has 0 bridgehead atoms. The number of nitrogens with two attached hydrogens (primary N) is 1. The molecule has 1 aromatic rings. The Bertz CT molecular complexity index is 328. The van der Waals surface area contributed by atoms with Crippen LogP contribution >= 0.6 is 0 Å². The number of aromatic nitrogens is 2. The normalized spacial score (nSPS) is 13.1. The molecule has 0 aliphatic heterocycles. The van der Waals surface area contributed by atoms with Crippen LogP contribution in [0.25, 0.3) is 0 Å². The summed E-state index contributed by atoms with van der Waals surface area (Å²) < 4.78 is 1.93. The van der Waals surface area contributed by atoms with Crippen molar-refractivity contribution < 1.29 is 0 Å². The van der Waals surface area contributed by atoms with E-state index in [0.29, 0.717) is 0 Å². The van der Waals surface area contributed by atoms with Crippen molar-refractivity contribution in [3.8, 4) is 0 Å². The van der Waals surface area contributed by atoms with Crippen LogP contribution in [0.15, 0.2) is 0 Å². The van der Waals surface area contributed by atoms with E-state index in [1.807, 2.05) is 18.7 Å². The van der Waals surface area contributed by atoms with Gasteiger partial charge in [-0.05, 0) is 20.3 Å².